The first-order valence-electron chi connectivity index (χ1n) is 8.61. The van der Waals surface area contributed by atoms with E-state index < -0.39 is 0 Å². The molecule has 0 aromatic rings. The first-order valence-corrected chi connectivity index (χ1v) is 8.61. The number of piperazine rings is 1. The minimum absolute atomic E-state index is 0.0252. The van der Waals surface area contributed by atoms with E-state index in [-0.39, 0.29) is 30.1 Å². The van der Waals surface area contributed by atoms with Gasteiger partial charge < -0.3 is 14.4 Å². The fourth-order valence-electron chi connectivity index (χ4n) is 2.31. The van der Waals surface area contributed by atoms with Crippen LogP contribution in [0, 0.1) is 11.8 Å². The van der Waals surface area contributed by atoms with Crippen LogP contribution in [0.1, 0.15) is 27.7 Å². The van der Waals surface area contributed by atoms with Crippen LogP contribution < -0.4 is 0 Å². The Morgan fingerprint density at radius 2 is 1.48 bits per heavy atom. The largest absolute Gasteiger partial charge is 0.378 e. The second kappa shape index (κ2) is 10.7. The Bertz CT molecular complexity index is 364. The highest BCUT2D eigenvalue weighted by atomic mass is 16.5. The molecule has 1 saturated heterocycles. The highest BCUT2D eigenvalue weighted by Gasteiger charge is 2.22. The average molecular weight is 328 g/mol. The summed E-state index contributed by atoms with van der Waals surface area (Å²) in [5, 5.41) is 0. The molecule has 1 aliphatic rings. The number of rotatable bonds is 10. The SMILES string of the molecule is CC(C)C(=O)COCCOCCN1CCN(C(=O)C(C)C)CC1. The van der Waals surface area contributed by atoms with Gasteiger partial charge in [0.2, 0.25) is 5.91 Å². The Morgan fingerprint density at radius 3 is 2.04 bits per heavy atom. The molecule has 1 fully saturated rings. The van der Waals surface area contributed by atoms with Gasteiger partial charge in [0, 0.05) is 44.6 Å². The van der Waals surface area contributed by atoms with Gasteiger partial charge in [-0.05, 0) is 0 Å². The maximum atomic E-state index is 11.9. The summed E-state index contributed by atoms with van der Waals surface area (Å²) in [6, 6.07) is 0. The van der Waals surface area contributed by atoms with Gasteiger partial charge >= 0.3 is 0 Å². The third-order valence-corrected chi connectivity index (χ3v) is 3.99. The molecule has 1 amide bonds. The first kappa shape index (κ1) is 20.1. The van der Waals surface area contributed by atoms with Gasteiger partial charge in [-0.25, -0.2) is 0 Å². The minimum Gasteiger partial charge on any atom is -0.378 e. The monoisotopic (exact) mass is 328 g/mol. The fraction of sp³-hybridized carbons (Fsp3) is 0.882. The molecule has 0 aromatic carbocycles. The van der Waals surface area contributed by atoms with Gasteiger partial charge in [0.1, 0.15) is 6.61 Å². The molecule has 0 unspecified atom stereocenters. The lowest BCUT2D eigenvalue weighted by Crippen LogP contribution is -2.50. The zero-order chi connectivity index (χ0) is 17.2. The molecule has 1 rings (SSSR count). The van der Waals surface area contributed by atoms with E-state index in [9.17, 15) is 9.59 Å². The summed E-state index contributed by atoms with van der Waals surface area (Å²) in [5.74, 6) is 0.470. The van der Waals surface area contributed by atoms with Crippen LogP contribution in [-0.2, 0) is 19.1 Å². The third kappa shape index (κ3) is 7.90. The standard InChI is InChI=1S/C17H32N2O4/c1-14(2)16(20)13-23-12-11-22-10-9-18-5-7-19(8-6-18)17(21)15(3)4/h14-15H,5-13H2,1-4H3. The Balaban J connectivity index is 1.99. The number of hydrogen-bond acceptors (Lipinski definition) is 5. The summed E-state index contributed by atoms with van der Waals surface area (Å²) in [6.45, 7) is 13.7. The van der Waals surface area contributed by atoms with Crippen molar-refractivity contribution in [3.8, 4) is 0 Å². The van der Waals surface area contributed by atoms with Gasteiger partial charge in [-0.15, -0.1) is 0 Å². The Kier molecular flexibility index (Phi) is 9.36. The number of amides is 1. The molecule has 1 heterocycles. The highest BCUT2D eigenvalue weighted by molar-refractivity contribution is 5.81. The second-order valence-electron chi connectivity index (χ2n) is 6.61. The van der Waals surface area contributed by atoms with Gasteiger partial charge in [-0.1, -0.05) is 27.7 Å². The molecule has 0 spiro atoms. The molecule has 134 valence electrons. The number of carbonyl (C=O) groups excluding carboxylic acids is 2. The van der Waals surface area contributed by atoms with E-state index in [1.165, 1.54) is 0 Å². The predicted molar refractivity (Wildman–Crippen MR) is 89.3 cm³/mol. The van der Waals surface area contributed by atoms with Crippen molar-refractivity contribution in [2.45, 2.75) is 27.7 Å². The number of ether oxygens (including phenoxy) is 2. The van der Waals surface area contributed by atoms with E-state index >= 15 is 0 Å². The van der Waals surface area contributed by atoms with Crippen LogP contribution in [0.25, 0.3) is 0 Å². The van der Waals surface area contributed by atoms with Gasteiger partial charge in [0.05, 0.1) is 19.8 Å². The van der Waals surface area contributed by atoms with Gasteiger partial charge in [0.25, 0.3) is 0 Å². The van der Waals surface area contributed by atoms with Crippen molar-refractivity contribution in [2.75, 3.05) is 59.2 Å². The maximum absolute atomic E-state index is 11.9. The van der Waals surface area contributed by atoms with Crippen molar-refractivity contribution in [2.24, 2.45) is 11.8 Å². The van der Waals surface area contributed by atoms with Gasteiger partial charge in [0.15, 0.2) is 5.78 Å². The molecule has 0 saturated carbocycles. The van der Waals surface area contributed by atoms with E-state index in [4.69, 9.17) is 9.47 Å². The topological polar surface area (TPSA) is 59.1 Å². The van der Waals surface area contributed by atoms with Crippen molar-refractivity contribution < 1.29 is 19.1 Å². The fourth-order valence-corrected chi connectivity index (χ4v) is 2.31. The van der Waals surface area contributed by atoms with Crippen LogP contribution in [0.15, 0.2) is 0 Å². The summed E-state index contributed by atoms with van der Waals surface area (Å²) < 4.78 is 10.8. The molecule has 0 aliphatic carbocycles. The smallest absolute Gasteiger partial charge is 0.225 e. The average Bonchev–Trinajstić information content (AvgIpc) is 2.53. The lowest BCUT2D eigenvalue weighted by atomic mass is 10.1. The molecule has 0 radical (unpaired) electrons. The summed E-state index contributed by atoms with van der Waals surface area (Å²) in [4.78, 5) is 27.5. The molecular weight excluding hydrogens is 296 g/mol. The first-order chi connectivity index (χ1) is 10.9. The molecular formula is C17H32N2O4. The minimum atomic E-state index is 0.0252. The number of nitrogens with zero attached hydrogens (tertiary/aromatic N) is 2. The zero-order valence-electron chi connectivity index (χ0n) is 15.0. The summed E-state index contributed by atoms with van der Waals surface area (Å²) in [7, 11) is 0. The Labute approximate surface area is 140 Å². The molecule has 0 N–H and O–H groups in total. The predicted octanol–water partition coefficient (Wildman–Crippen LogP) is 1.04. The van der Waals surface area contributed by atoms with E-state index in [0.717, 1.165) is 32.7 Å². The van der Waals surface area contributed by atoms with E-state index in [2.05, 4.69) is 4.90 Å². The van der Waals surface area contributed by atoms with Crippen molar-refractivity contribution >= 4 is 11.7 Å². The van der Waals surface area contributed by atoms with E-state index in [1.807, 2.05) is 32.6 Å². The maximum Gasteiger partial charge on any atom is 0.225 e. The molecule has 23 heavy (non-hydrogen) atoms. The van der Waals surface area contributed by atoms with Crippen molar-refractivity contribution in [1.82, 2.24) is 9.80 Å². The zero-order valence-corrected chi connectivity index (χ0v) is 15.0. The van der Waals surface area contributed by atoms with Gasteiger partial charge in [-0.3, -0.25) is 14.5 Å². The number of hydrogen-bond donors (Lipinski definition) is 0. The van der Waals surface area contributed by atoms with Crippen LogP contribution in [0.2, 0.25) is 0 Å². The third-order valence-electron chi connectivity index (χ3n) is 3.99. The highest BCUT2D eigenvalue weighted by Crippen LogP contribution is 2.06. The van der Waals surface area contributed by atoms with Crippen molar-refractivity contribution in [1.29, 1.82) is 0 Å². The quantitative estimate of drug-likeness (QED) is 0.561. The molecule has 6 nitrogen and oxygen atoms in total. The molecule has 1 aliphatic heterocycles. The van der Waals surface area contributed by atoms with E-state index in [1.54, 1.807) is 0 Å². The van der Waals surface area contributed by atoms with Gasteiger partial charge in [-0.2, -0.15) is 0 Å². The number of Topliss-reactive ketones (excluding diaryl/α,β-unsaturated/α-hetero) is 1. The molecule has 0 bridgehead atoms. The molecule has 0 atom stereocenters. The van der Waals surface area contributed by atoms with Crippen molar-refractivity contribution in [3.05, 3.63) is 0 Å². The second-order valence-corrected chi connectivity index (χ2v) is 6.61. The summed E-state index contributed by atoms with van der Waals surface area (Å²) in [6.07, 6.45) is 0. The van der Waals surface area contributed by atoms with Crippen LogP contribution in [0.4, 0.5) is 0 Å². The van der Waals surface area contributed by atoms with Crippen LogP contribution in [-0.4, -0.2) is 80.6 Å². The Morgan fingerprint density at radius 1 is 0.870 bits per heavy atom. The van der Waals surface area contributed by atoms with Crippen LogP contribution in [0.5, 0.6) is 0 Å². The normalized spacial score (nSPS) is 16.3. The summed E-state index contributed by atoms with van der Waals surface area (Å²) in [5.41, 5.74) is 0. The molecule has 6 heteroatoms. The van der Waals surface area contributed by atoms with E-state index in [0.29, 0.717) is 19.8 Å². The number of carbonyl (C=O) groups is 2. The lowest BCUT2D eigenvalue weighted by molar-refractivity contribution is -0.136. The molecule has 0 aromatic heterocycles. The summed E-state index contributed by atoms with van der Waals surface area (Å²) >= 11 is 0. The van der Waals surface area contributed by atoms with Crippen LogP contribution in [0.3, 0.4) is 0 Å². The Hall–Kier alpha value is -0.980. The number of ketones is 1. The van der Waals surface area contributed by atoms with Crippen molar-refractivity contribution in [3.63, 3.8) is 0 Å². The van der Waals surface area contributed by atoms with Crippen LogP contribution >= 0.6 is 0 Å². The lowest BCUT2D eigenvalue weighted by Gasteiger charge is -2.35.